The van der Waals surface area contributed by atoms with E-state index in [1.807, 2.05) is 6.92 Å². The van der Waals surface area contributed by atoms with Crippen molar-refractivity contribution in [2.45, 2.75) is 18.9 Å². The third-order valence-electron chi connectivity index (χ3n) is 2.36. The molecule has 1 heterocycles. The summed E-state index contributed by atoms with van der Waals surface area (Å²) in [7, 11) is 0. The molecule has 3 N–H and O–H groups in total. The Morgan fingerprint density at radius 2 is 2.58 bits per heavy atom. The van der Waals surface area contributed by atoms with Crippen LogP contribution in [0.3, 0.4) is 0 Å². The summed E-state index contributed by atoms with van der Waals surface area (Å²) in [5.41, 5.74) is 6.04. The minimum atomic E-state index is -0.289. The van der Waals surface area contributed by atoms with Crippen LogP contribution in [0.25, 0.3) is 0 Å². The van der Waals surface area contributed by atoms with Gasteiger partial charge >= 0.3 is 0 Å². The lowest BCUT2D eigenvalue weighted by Crippen LogP contribution is -2.23. The van der Waals surface area contributed by atoms with Gasteiger partial charge in [-0.1, -0.05) is 0 Å². The van der Waals surface area contributed by atoms with Crippen LogP contribution in [0.15, 0.2) is 12.5 Å². The Hall–Kier alpha value is -1.16. The van der Waals surface area contributed by atoms with Crippen LogP contribution >= 0.6 is 0 Å². The predicted octanol–water partition coefficient (Wildman–Crippen LogP) is 0.330. The van der Waals surface area contributed by atoms with E-state index in [1.165, 1.54) is 12.5 Å². The molecule has 1 aliphatic carbocycles. The molecule has 1 aliphatic rings. The summed E-state index contributed by atoms with van der Waals surface area (Å²) >= 11 is 0. The summed E-state index contributed by atoms with van der Waals surface area (Å²) in [6.45, 7) is 1.89. The Morgan fingerprint density at radius 3 is 3.00 bits per heavy atom. The standard InChI is InChI=1S/C8H11N3O/c1-8(9)2-5(8)7(12)6-3-10-4-11-6/h3-5H,2,9H2,1H3,(H,10,11)/t5-,8-/m0/s1. The number of hydrogen-bond donors (Lipinski definition) is 2. The number of imidazole rings is 1. The van der Waals surface area contributed by atoms with Crippen LogP contribution in [0, 0.1) is 5.92 Å². The number of ketones is 1. The molecule has 4 heteroatoms. The smallest absolute Gasteiger partial charge is 0.185 e. The lowest BCUT2D eigenvalue weighted by atomic mass is 10.1. The number of nitrogens with one attached hydrogen (secondary N) is 1. The van der Waals surface area contributed by atoms with Gasteiger partial charge in [0.1, 0.15) is 5.69 Å². The maximum atomic E-state index is 11.5. The van der Waals surface area contributed by atoms with Crippen LogP contribution in [0.2, 0.25) is 0 Å². The number of H-pyrrole nitrogens is 1. The average molecular weight is 165 g/mol. The van der Waals surface area contributed by atoms with Crippen LogP contribution < -0.4 is 5.73 Å². The molecule has 64 valence electrons. The number of carbonyl (C=O) groups is 1. The average Bonchev–Trinajstić information content (AvgIpc) is 2.56. The molecule has 0 aromatic carbocycles. The van der Waals surface area contributed by atoms with E-state index in [0.29, 0.717) is 5.69 Å². The van der Waals surface area contributed by atoms with Crippen molar-refractivity contribution in [1.29, 1.82) is 0 Å². The van der Waals surface area contributed by atoms with Gasteiger partial charge in [0.15, 0.2) is 5.78 Å². The van der Waals surface area contributed by atoms with E-state index in [9.17, 15) is 4.79 Å². The first-order valence-electron chi connectivity index (χ1n) is 3.93. The monoisotopic (exact) mass is 165 g/mol. The van der Waals surface area contributed by atoms with Crippen molar-refractivity contribution in [3.63, 3.8) is 0 Å². The van der Waals surface area contributed by atoms with Gasteiger partial charge in [0.05, 0.1) is 12.5 Å². The maximum absolute atomic E-state index is 11.5. The highest BCUT2D eigenvalue weighted by molar-refractivity contribution is 5.98. The molecule has 0 aliphatic heterocycles. The molecule has 1 aromatic rings. The zero-order valence-corrected chi connectivity index (χ0v) is 6.87. The topological polar surface area (TPSA) is 71.8 Å². The third-order valence-corrected chi connectivity index (χ3v) is 2.36. The van der Waals surface area contributed by atoms with Gasteiger partial charge < -0.3 is 10.7 Å². The number of rotatable bonds is 2. The van der Waals surface area contributed by atoms with E-state index in [0.717, 1.165) is 6.42 Å². The third kappa shape index (κ3) is 1.04. The minimum absolute atomic E-state index is 0.0158. The fourth-order valence-corrected chi connectivity index (χ4v) is 1.35. The first-order chi connectivity index (χ1) is 5.61. The van der Waals surface area contributed by atoms with Crippen molar-refractivity contribution >= 4 is 5.78 Å². The number of nitrogens with two attached hydrogens (primary N) is 1. The minimum Gasteiger partial charge on any atom is -0.342 e. The molecule has 0 radical (unpaired) electrons. The molecule has 0 saturated heterocycles. The van der Waals surface area contributed by atoms with Crippen molar-refractivity contribution < 1.29 is 4.79 Å². The summed E-state index contributed by atoms with van der Waals surface area (Å²) in [4.78, 5) is 18.1. The zero-order valence-electron chi connectivity index (χ0n) is 6.87. The molecule has 0 spiro atoms. The van der Waals surface area contributed by atoms with Crippen LogP contribution in [0.1, 0.15) is 23.8 Å². The van der Waals surface area contributed by atoms with Gasteiger partial charge in [-0.2, -0.15) is 0 Å². The van der Waals surface area contributed by atoms with Crippen LogP contribution in [-0.2, 0) is 0 Å². The lowest BCUT2D eigenvalue weighted by Gasteiger charge is -1.99. The Balaban J connectivity index is 2.14. The first kappa shape index (κ1) is 7.49. The molecular formula is C8H11N3O. The van der Waals surface area contributed by atoms with Crippen molar-refractivity contribution in [2.75, 3.05) is 0 Å². The SMILES string of the molecule is C[C@]1(N)C[C@H]1C(=O)c1cnc[nH]1. The molecule has 0 unspecified atom stereocenters. The summed E-state index contributed by atoms with van der Waals surface area (Å²) in [5.74, 6) is 0.0652. The maximum Gasteiger partial charge on any atom is 0.185 e. The van der Waals surface area contributed by atoms with Gasteiger partial charge in [-0.15, -0.1) is 0 Å². The summed E-state index contributed by atoms with van der Waals surface area (Å²) in [6.07, 6.45) is 3.82. The molecule has 12 heavy (non-hydrogen) atoms. The van der Waals surface area contributed by atoms with E-state index < -0.39 is 0 Å². The van der Waals surface area contributed by atoms with Crippen molar-refractivity contribution in [3.05, 3.63) is 18.2 Å². The molecule has 2 rings (SSSR count). The fraction of sp³-hybridized carbons (Fsp3) is 0.500. The second-order valence-corrected chi connectivity index (χ2v) is 3.59. The van der Waals surface area contributed by atoms with Crippen molar-refractivity contribution in [3.8, 4) is 0 Å². The lowest BCUT2D eigenvalue weighted by molar-refractivity contribution is 0.0955. The number of aromatic nitrogens is 2. The largest absolute Gasteiger partial charge is 0.342 e. The quantitative estimate of drug-likeness (QED) is 0.620. The van der Waals surface area contributed by atoms with Gasteiger partial charge in [-0.3, -0.25) is 4.79 Å². The summed E-state index contributed by atoms with van der Waals surface area (Å²) in [5, 5.41) is 0. The first-order valence-corrected chi connectivity index (χ1v) is 3.93. The number of nitrogens with zero attached hydrogens (tertiary/aromatic N) is 1. The van der Waals surface area contributed by atoms with Gasteiger partial charge in [0.25, 0.3) is 0 Å². The highest BCUT2D eigenvalue weighted by Gasteiger charge is 2.51. The van der Waals surface area contributed by atoms with Gasteiger partial charge in [-0.05, 0) is 13.3 Å². The molecule has 2 atom stereocenters. The second kappa shape index (κ2) is 2.17. The highest BCUT2D eigenvalue weighted by Crippen LogP contribution is 2.42. The van der Waals surface area contributed by atoms with Gasteiger partial charge in [0.2, 0.25) is 0 Å². The molecule has 1 saturated carbocycles. The highest BCUT2D eigenvalue weighted by atomic mass is 16.1. The van der Waals surface area contributed by atoms with E-state index >= 15 is 0 Å². The zero-order chi connectivity index (χ0) is 8.77. The van der Waals surface area contributed by atoms with Gasteiger partial charge in [-0.25, -0.2) is 4.98 Å². The Morgan fingerprint density at radius 1 is 1.92 bits per heavy atom. The normalized spacial score (nSPS) is 33.3. The van der Waals surface area contributed by atoms with Crippen molar-refractivity contribution in [1.82, 2.24) is 9.97 Å². The molecular weight excluding hydrogens is 154 g/mol. The Labute approximate surface area is 70.2 Å². The van der Waals surface area contributed by atoms with E-state index in [1.54, 1.807) is 0 Å². The van der Waals surface area contributed by atoms with E-state index in [4.69, 9.17) is 5.73 Å². The summed E-state index contributed by atoms with van der Waals surface area (Å²) in [6, 6.07) is 0. The summed E-state index contributed by atoms with van der Waals surface area (Å²) < 4.78 is 0. The Bertz CT molecular complexity index is 302. The number of hydrogen-bond acceptors (Lipinski definition) is 3. The van der Waals surface area contributed by atoms with E-state index in [2.05, 4.69) is 9.97 Å². The van der Waals surface area contributed by atoms with Crippen LogP contribution in [-0.4, -0.2) is 21.3 Å². The number of aromatic amines is 1. The molecule has 0 bridgehead atoms. The molecule has 1 aromatic heterocycles. The number of Topliss-reactive ketones (excluding diaryl/α,β-unsaturated/α-hetero) is 1. The van der Waals surface area contributed by atoms with Gasteiger partial charge in [0, 0.05) is 11.5 Å². The molecule has 4 nitrogen and oxygen atoms in total. The number of carbonyl (C=O) groups excluding carboxylic acids is 1. The Kier molecular flexibility index (Phi) is 1.35. The van der Waals surface area contributed by atoms with Crippen LogP contribution in [0.5, 0.6) is 0 Å². The van der Waals surface area contributed by atoms with E-state index in [-0.39, 0.29) is 17.2 Å². The predicted molar refractivity (Wildman–Crippen MR) is 43.6 cm³/mol. The molecule has 0 amide bonds. The molecule has 1 fully saturated rings. The fourth-order valence-electron chi connectivity index (χ4n) is 1.35. The second-order valence-electron chi connectivity index (χ2n) is 3.59. The van der Waals surface area contributed by atoms with Crippen molar-refractivity contribution in [2.24, 2.45) is 11.7 Å². The van der Waals surface area contributed by atoms with Crippen LogP contribution in [0.4, 0.5) is 0 Å².